The van der Waals surface area contributed by atoms with Crippen LogP contribution in [0.15, 0.2) is 35.3 Å². The summed E-state index contributed by atoms with van der Waals surface area (Å²) in [5.41, 5.74) is 1.59. The molecule has 2 rings (SSSR count). The Labute approximate surface area is 112 Å². The van der Waals surface area contributed by atoms with Gasteiger partial charge in [0.15, 0.2) is 5.58 Å². The van der Waals surface area contributed by atoms with E-state index >= 15 is 0 Å². The molecule has 0 radical (unpaired) electrons. The summed E-state index contributed by atoms with van der Waals surface area (Å²) >= 11 is 6.07. The van der Waals surface area contributed by atoms with E-state index in [1.54, 1.807) is 0 Å². The Morgan fingerprint density at radius 2 is 2.33 bits per heavy atom. The topological polar surface area (TPSA) is 16.4 Å². The van der Waals surface area contributed by atoms with Gasteiger partial charge in [-0.15, -0.1) is 6.42 Å². The number of halogens is 1. The largest absolute Gasteiger partial charge is 0.455 e. The first-order valence-electron chi connectivity index (χ1n) is 5.60. The number of furan rings is 1. The van der Waals surface area contributed by atoms with Crippen molar-refractivity contribution < 1.29 is 4.42 Å². The second-order valence-electron chi connectivity index (χ2n) is 4.25. The normalized spacial score (nSPS) is 10.8. The van der Waals surface area contributed by atoms with Crippen molar-refractivity contribution in [1.82, 2.24) is 4.90 Å². The first kappa shape index (κ1) is 12.8. The van der Waals surface area contributed by atoms with Crippen molar-refractivity contribution in [3.8, 4) is 12.3 Å². The minimum Gasteiger partial charge on any atom is -0.455 e. The Balaban J connectivity index is 2.24. The van der Waals surface area contributed by atoms with Gasteiger partial charge in [0.2, 0.25) is 0 Å². The first-order chi connectivity index (χ1) is 8.61. The van der Waals surface area contributed by atoms with Crippen molar-refractivity contribution in [2.75, 3.05) is 20.1 Å². The summed E-state index contributed by atoms with van der Waals surface area (Å²) in [5.74, 6) is 3.34. The molecule has 92 valence electrons. The number of fused-ring (bicyclic) bond motifs is 1. The van der Waals surface area contributed by atoms with E-state index in [9.17, 15) is 0 Å². The summed E-state index contributed by atoms with van der Waals surface area (Å²) in [7, 11) is 1.95. The number of terminal acetylenes is 1. The van der Waals surface area contributed by atoms with Crippen molar-refractivity contribution >= 4 is 28.1 Å². The van der Waals surface area contributed by atoms with E-state index in [1.165, 1.54) is 0 Å². The van der Waals surface area contributed by atoms with Crippen LogP contribution >= 0.6 is 11.6 Å². The highest BCUT2D eigenvalue weighted by Crippen LogP contribution is 2.29. The van der Waals surface area contributed by atoms with Crippen LogP contribution in [-0.2, 0) is 0 Å². The lowest BCUT2D eigenvalue weighted by Gasteiger charge is -2.13. The van der Waals surface area contributed by atoms with Gasteiger partial charge in [-0.25, -0.2) is 0 Å². The summed E-state index contributed by atoms with van der Waals surface area (Å²) in [4.78, 5) is 2.00. The maximum atomic E-state index is 6.07. The number of likely N-dealkylation sites (N-methyl/N-ethyl adjacent to an activating group) is 1. The Hall–Kier alpha value is -1.69. The van der Waals surface area contributed by atoms with E-state index in [4.69, 9.17) is 22.4 Å². The predicted molar refractivity (Wildman–Crippen MR) is 76.6 cm³/mol. The summed E-state index contributed by atoms with van der Waals surface area (Å²) in [6.45, 7) is 5.28. The number of hydrogen-bond acceptors (Lipinski definition) is 2. The third-order valence-corrected chi connectivity index (χ3v) is 2.96. The second-order valence-corrected chi connectivity index (χ2v) is 4.66. The Bertz CT molecular complexity index is 621. The van der Waals surface area contributed by atoms with Gasteiger partial charge in [-0.05, 0) is 19.2 Å². The maximum Gasteiger partial charge on any atom is 0.153 e. The maximum absolute atomic E-state index is 6.07. The average Bonchev–Trinajstić information content (AvgIpc) is 2.74. The summed E-state index contributed by atoms with van der Waals surface area (Å²) in [6.07, 6.45) is 5.26. The molecule has 0 unspecified atom stereocenters. The smallest absolute Gasteiger partial charge is 0.153 e. The molecule has 18 heavy (non-hydrogen) atoms. The van der Waals surface area contributed by atoms with Crippen molar-refractivity contribution in [3.05, 3.63) is 41.6 Å². The van der Waals surface area contributed by atoms with E-state index in [-0.39, 0.29) is 0 Å². The van der Waals surface area contributed by atoms with E-state index in [0.717, 1.165) is 16.7 Å². The van der Waals surface area contributed by atoms with Gasteiger partial charge < -0.3 is 4.42 Å². The molecule has 0 aliphatic carbocycles. The van der Waals surface area contributed by atoms with Crippen LogP contribution in [0.4, 0.5) is 0 Å². The van der Waals surface area contributed by atoms with Crippen LogP contribution in [0, 0.1) is 12.3 Å². The number of hydrogen-bond donors (Lipinski definition) is 0. The van der Waals surface area contributed by atoms with Gasteiger partial charge in [-0.1, -0.05) is 36.2 Å². The molecular formula is C15H14ClNO. The minimum absolute atomic E-state index is 0.583. The molecule has 2 aromatic rings. The first-order valence-corrected chi connectivity index (χ1v) is 5.98. The highest BCUT2D eigenvalue weighted by molar-refractivity contribution is 6.34. The number of para-hydroxylation sites is 1. The van der Waals surface area contributed by atoms with Crippen LogP contribution < -0.4 is 0 Å². The molecule has 0 aliphatic heterocycles. The standard InChI is InChI=1S/C15H14ClNO/c1-4-8-17(3)10-11(2)14-9-12-6-5-7-13(16)15(12)18-14/h1,5-7,9H,2,8,10H2,3H3. The fourth-order valence-corrected chi connectivity index (χ4v) is 2.04. The summed E-state index contributed by atoms with van der Waals surface area (Å²) < 4.78 is 5.73. The fourth-order valence-electron chi connectivity index (χ4n) is 1.82. The minimum atomic E-state index is 0.583. The summed E-state index contributed by atoms with van der Waals surface area (Å²) in [5, 5.41) is 1.60. The lowest BCUT2D eigenvalue weighted by Crippen LogP contribution is -2.20. The molecule has 0 spiro atoms. The lowest BCUT2D eigenvalue weighted by atomic mass is 10.2. The second kappa shape index (κ2) is 5.30. The number of benzene rings is 1. The van der Waals surface area contributed by atoms with Gasteiger partial charge >= 0.3 is 0 Å². The molecule has 0 saturated heterocycles. The van der Waals surface area contributed by atoms with Gasteiger partial charge in [0.1, 0.15) is 5.76 Å². The van der Waals surface area contributed by atoms with Gasteiger partial charge in [0, 0.05) is 17.5 Å². The number of rotatable bonds is 4. The Morgan fingerprint density at radius 3 is 3.00 bits per heavy atom. The van der Waals surface area contributed by atoms with Crippen LogP contribution in [0.5, 0.6) is 0 Å². The van der Waals surface area contributed by atoms with Crippen molar-refractivity contribution in [2.45, 2.75) is 0 Å². The zero-order valence-electron chi connectivity index (χ0n) is 10.2. The van der Waals surface area contributed by atoms with Gasteiger partial charge in [0.25, 0.3) is 0 Å². The lowest BCUT2D eigenvalue weighted by molar-refractivity contribution is 0.421. The van der Waals surface area contributed by atoms with E-state index < -0.39 is 0 Å². The molecule has 0 atom stereocenters. The van der Waals surface area contributed by atoms with E-state index in [1.807, 2.05) is 36.2 Å². The van der Waals surface area contributed by atoms with Crippen LogP contribution in [0.2, 0.25) is 5.02 Å². The molecule has 0 N–H and O–H groups in total. The molecule has 0 aliphatic rings. The summed E-state index contributed by atoms with van der Waals surface area (Å²) in [6, 6.07) is 7.63. The Morgan fingerprint density at radius 1 is 1.56 bits per heavy atom. The van der Waals surface area contributed by atoms with Crippen LogP contribution in [0.1, 0.15) is 5.76 Å². The number of nitrogens with zero attached hydrogens (tertiary/aromatic N) is 1. The zero-order valence-corrected chi connectivity index (χ0v) is 11.0. The molecular weight excluding hydrogens is 246 g/mol. The average molecular weight is 260 g/mol. The third-order valence-electron chi connectivity index (χ3n) is 2.67. The SMILES string of the molecule is C#CCN(C)CC(=C)c1cc2cccc(Cl)c2o1. The molecule has 1 heterocycles. The highest BCUT2D eigenvalue weighted by Gasteiger charge is 2.10. The zero-order chi connectivity index (χ0) is 13.1. The van der Waals surface area contributed by atoms with Gasteiger partial charge in [0.05, 0.1) is 11.6 Å². The van der Waals surface area contributed by atoms with E-state index in [2.05, 4.69) is 12.5 Å². The van der Waals surface area contributed by atoms with Gasteiger partial charge in [-0.2, -0.15) is 0 Å². The molecule has 0 saturated carbocycles. The van der Waals surface area contributed by atoms with Crippen LogP contribution in [-0.4, -0.2) is 25.0 Å². The fraction of sp³-hybridized carbons (Fsp3) is 0.200. The molecule has 0 fully saturated rings. The van der Waals surface area contributed by atoms with Crippen molar-refractivity contribution in [3.63, 3.8) is 0 Å². The molecule has 1 aromatic carbocycles. The third kappa shape index (κ3) is 2.59. The van der Waals surface area contributed by atoms with Crippen molar-refractivity contribution in [2.24, 2.45) is 0 Å². The molecule has 0 amide bonds. The monoisotopic (exact) mass is 259 g/mol. The van der Waals surface area contributed by atoms with Gasteiger partial charge in [-0.3, -0.25) is 4.90 Å². The predicted octanol–water partition coefficient (Wildman–Crippen LogP) is 3.66. The molecule has 0 bridgehead atoms. The quantitative estimate of drug-likeness (QED) is 0.779. The molecule has 3 heteroatoms. The van der Waals surface area contributed by atoms with Crippen LogP contribution in [0.25, 0.3) is 16.5 Å². The molecule has 1 aromatic heterocycles. The van der Waals surface area contributed by atoms with Crippen LogP contribution in [0.3, 0.4) is 0 Å². The Kier molecular flexibility index (Phi) is 3.76. The highest BCUT2D eigenvalue weighted by atomic mass is 35.5. The van der Waals surface area contributed by atoms with E-state index in [0.29, 0.717) is 23.7 Å². The molecule has 2 nitrogen and oxygen atoms in total. The van der Waals surface area contributed by atoms with Crippen molar-refractivity contribution in [1.29, 1.82) is 0 Å².